The Morgan fingerprint density at radius 1 is 1.30 bits per heavy atom. The van der Waals surface area contributed by atoms with Crippen molar-refractivity contribution < 1.29 is 14.6 Å². The van der Waals surface area contributed by atoms with Crippen molar-refractivity contribution in [1.29, 1.82) is 5.26 Å². The molecule has 1 saturated carbocycles. The highest BCUT2D eigenvalue weighted by Crippen LogP contribution is 2.34. The SMILES string of the molecule is COc1ncc(/C(C#N)=C/c2c(Cl)cncc2Cl)cc1O[C@@H]1CC[C@@H](O)C1. The van der Waals surface area contributed by atoms with Crippen LogP contribution < -0.4 is 9.47 Å². The van der Waals surface area contributed by atoms with Gasteiger partial charge in [0.25, 0.3) is 5.88 Å². The smallest absolute Gasteiger partial charge is 0.256 e. The second kappa shape index (κ2) is 8.57. The zero-order chi connectivity index (χ0) is 19.4. The Bertz CT molecular complexity index is 891. The summed E-state index contributed by atoms with van der Waals surface area (Å²) in [5.74, 6) is 0.736. The largest absolute Gasteiger partial charge is 0.485 e. The van der Waals surface area contributed by atoms with Gasteiger partial charge in [-0.25, -0.2) is 4.98 Å². The molecule has 1 N–H and O–H groups in total. The van der Waals surface area contributed by atoms with Gasteiger partial charge < -0.3 is 14.6 Å². The predicted octanol–water partition coefficient (Wildman–Crippen LogP) is 4.15. The topological polar surface area (TPSA) is 88.3 Å². The average molecular weight is 406 g/mol. The van der Waals surface area contributed by atoms with Crippen molar-refractivity contribution in [3.8, 4) is 17.7 Å². The van der Waals surface area contributed by atoms with E-state index in [1.54, 1.807) is 12.1 Å². The Hall–Kier alpha value is -2.33. The molecular formula is C19H17Cl2N3O3. The zero-order valence-corrected chi connectivity index (χ0v) is 16.0. The Morgan fingerprint density at radius 2 is 2.04 bits per heavy atom. The van der Waals surface area contributed by atoms with E-state index in [4.69, 9.17) is 32.7 Å². The molecule has 0 unspecified atom stereocenters. The van der Waals surface area contributed by atoms with Crippen LogP contribution in [-0.4, -0.2) is 34.4 Å². The van der Waals surface area contributed by atoms with Crippen LogP contribution in [0.3, 0.4) is 0 Å². The van der Waals surface area contributed by atoms with Gasteiger partial charge in [0.1, 0.15) is 6.10 Å². The van der Waals surface area contributed by atoms with Crippen molar-refractivity contribution in [3.63, 3.8) is 0 Å². The second-order valence-corrected chi connectivity index (χ2v) is 6.94. The Kier molecular flexibility index (Phi) is 6.17. The zero-order valence-electron chi connectivity index (χ0n) is 14.5. The van der Waals surface area contributed by atoms with Gasteiger partial charge in [0.2, 0.25) is 0 Å². The number of hydrogen-bond donors (Lipinski definition) is 1. The van der Waals surface area contributed by atoms with Crippen LogP contribution in [0.15, 0.2) is 24.7 Å². The van der Waals surface area contributed by atoms with E-state index >= 15 is 0 Å². The molecule has 0 bridgehead atoms. The molecule has 8 heteroatoms. The van der Waals surface area contributed by atoms with E-state index in [0.29, 0.717) is 51.2 Å². The van der Waals surface area contributed by atoms with E-state index in [9.17, 15) is 10.4 Å². The van der Waals surface area contributed by atoms with Crippen LogP contribution in [0.2, 0.25) is 10.0 Å². The van der Waals surface area contributed by atoms with Crippen molar-refractivity contribution in [2.45, 2.75) is 31.5 Å². The molecule has 1 aliphatic rings. The number of aromatic nitrogens is 2. The first kappa shape index (κ1) is 19.4. The molecule has 2 aromatic heterocycles. The van der Waals surface area contributed by atoms with Gasteiger partial charge in [-0.3, -0.25) is 4.98 Å². The summed E-state index contributed by atoms with van der Waals surface area (Å²) in [5.41, 5.74) is 1.36. The van der Waals surface area contributed by atoms with Gasteiger partial charge in [-0.15, -0.1) is 0 Å². The summed E-state index contributed by atoms with van der Waals surface area (Å²) in [6.07, 6.45) is 7.54. The number of ether oxygens (including phenoxy) is 2. The summed E-state index contributed by atoms with van der Waals surface area (Å²) in [6, 6.07) is 3.82. The van der Waals surface area contributed by atoms with E-state index in [1.807, 2.05) is 0 Å². The summed E-state index contributed by atoms with van der Waals surface area (Å²) in [4.78, 5) is 8.14. The van der Waals surface area contributed by atoms with E-state index in [-0.39, 0.29) is 12.2 Å². The van der Waals surface area contributed by atoms with Gasteiger partial charge in [-0.2, -0.15) is 5.26 Å². The summed E-state index contributed by atoms with van der Waals surface area (Å²) in [5, 5.41) is 20.0. The number of hydrogen-bond acceptors (Lipinski definition) is 6. The third-order valence-electron chi connectivity index (χ3n) is 4.27. The fourth-order valence-corrected chi connectivity index (χ4v) is 3.38. The highest BCUT2D eigenvalue weighted by Gasteiger charge is 2.25. The minimum absolute atomic E-state index is 0.121. The maximum Gasteiger partial charge on any atom is 0.256 e. The minimum atomic E-state index is -0.359. The first-order valence-electron chi connectivity index (χ1n) is 8.31. The number of pyridine rings is 2. The van der Waals surface area contributed by atoms with Crippen molar-refractivity contribution in [2.75, 3.05) is 7.11 Å². The summed E-state index contributed by atoms with van der Waals surface area (Å²) < 4.78 is 11.2. The number of rotatable bonds is 5. The Labute approximate surface area is 167 Å². The van der Waals surface area contributed by atoms with Crippen molar-refractivity contribution in [3.05, 3.63) is 45.8 Å². The van der Waals surface area contributed by atoms with Crippen LogP contribution in [-0.2, 0) is 0 Å². The van der Waals surface area contributed by atoms with Gasteiger partial charge in [0.15, 0.2) is 5.75 Å². The summed E-state index contributed by atoms with van der Waals surface area (Å²) in [7, 11) is 1.50. The van der Waals surface area contributed by atoms with E-state index < -0.39 is 0 Å². The van der Waals surface area contributed by atoms with Gasteiger partial charge in [0, 0.05) is 36.1 Å². The van der Waals surface area contributed by atoms with Gasteiger partial charge in [0.05, 0.1) is 34.9 Å². The Balaban J connectivity index is 1.96. The van der Waals surface area contributed by atoms with Crippen LogP contribution in [0.25, 0.3) is 11.6 Å². The molecule has 0 saturated heterocycles. The molecule has 2 aromatic rings. The van der Waals surface area contributed by atoms with Crippen LogP contribution in [0.5, 0.6) is 11.6 Å². The molecule has 2 heterocycles. The molecule has 27 heavy (non-hydrogen) atoms. The second-order valence-electron chi connectivity index (χ2n) is 6.12. The van der Waals surface area contributed by atoms with Crippen molar-refractivity contribution in [1.82, 2.24) is 9.97 Å². The number of methoxy groups -OCH3 is 1. The minimum Gasteiger partial charge on any atom is -0.485 e. The third-order valence-corrected chi connectivity index (χ3v) is 4.87. The van der Waals surface area contributed by atoms with Crippen molar-refractivity contribution in [2.24, 2.45) is 0 Å². The highest BCUT2D eigenvalue weighted by atomic mass is 35.5. The number of halogens is 2. The van der Waals surface area contributed by atoms with Gasteiger partial charge in [-0.05, 0) is 25.0 Å². The third kappa shape index (κ3) is 4.51. The molecule has 0 radical (unpaired) electrons. The normalized spacial score (nSPS) is 19.6. The number of allylic oxidation sites excluding steroid dienone is 1. The van der Waals surface area contributed by atoms with Crippen LogP contribution in [0, 0.1) is 11.3 Å². The molecule has 0 spiro atoms. The fourth-order valence-electron chi connectivity index (χ4n) is 2.90. The van der Waals surface area contributed by atoms with E-state index in [2.05, 4.69) is 16.0 Å². The lowest BCUT2D eigenvalue weighted by Crippen LogP contribution is -2.14. The molecule has 0 amide bonds. The Morgan fingerprint density at radius 3 is 2.63 bits per heavy atom. The lowest BCUT2D eigenvalue weighted by atomic mass is 10.1. The number of aliphatic hydroxyl groups is 1. The first-order chi connectivity index (χ1) is 13.0. The standard InChI is InChI=1S/C19H17Cl2N3O3/c1-26-19-18(27-14-3-2-13(25)6-14)5-12(8-24-19)11(7-22)4-15-16(20)9-23-10-17(15)21/h4-5,8-10,13-14,25H,2-3,6H2,1H3/b11-4+/t13-,14-/m1/s1. The lowest BCUT2D eigenvalue weighted by molar-refractivity contribution is 0.146. The first-order valence-corrected chi connectivity index (χ1v) is 9.07. The van der Waals surface area contributed by atoms with Crippen LogP contribution in [0.4, 0.5) is 0 Å². The molecule has 1 fully saturated rings. The molecule has 3 rings (SSSR count). The highest BCUT2D eigenvalue weighted by molar-refractivity contribution is 6.37. The van der Waals surface area contributed by atoms with E-state index in [1.165, 1.54) is 25.7 Å². The molecule has 6 nitrogen and oxygen atoms in total. The maximum atomic E-state index is 9.69. The molecule has 0 aliphatic heterocycles. The predicted molar refractivity (Wildman–Crippen MR) is 103 cm³/mol. The lowest BCUT2D eigenvalue weighted by Gasteiger charge is -2.16. The quantitative estimate of drug-likeness (QED) is 0.751. The maximum absolute atomic E-state index is 9.69. The van der Waals surface area contributed by atoms with Crippen molar-refractivity contribution >= 4 is 34.9 Å². The van der Waals surface area contributed by atoms with E-state index in [0.717, 1.165) is 6.42 Å². The molecule has 140 valence electrons. The summed E-state index contributed by atoms with van der Waals surface area (Å²) in [6.45, 7) is 0. The summed E-state index contributed by atoms with van der Waals surface area (Å²) >= 11 is 12.3. The van der Waals surface area contributed by atoms with Crippen LogP contribution >= 0.6 is 23.2 Å². The molecule has 2 atom stereocenters. The van der Waals surface area contributed by atoms with Crippen LogP contribution in [0.1, 0.15) is 30.4 Å². The number of nitrogens with zero attached hydrogens (tertiary/aromatic N) is 3. The number of aliphatic hydroxyl groups excluding tert-OH is 1. The fraction of sp³-hybridized carbons (Fsp3) is 0.316. The average Bonchev–Trinajstić information content (AvgIpc) is 3.06. The molecule has 1 aliphatic carbocycles. The van der Waals surface area contributed by atoms with Gasteiger partial charge in [-0.1, -0.05) is 23.2 Å². The number of nitriles is 1. The van der Waals surface area contributed by atoms with Gasteiger partial charge >= 0.3 is 0 Å². The molecule has 0 aromatic carbocycles. The monoisotopic (exact) mass is 405 g/mol. The molecular weight excluding hydrogens is 389 g/mol.